The van der Waals surface area contributed by atoms with Gasteiger partial charge in [0.25, 0.3) is 11.2 Å². The van der Waals surface area contributed by atoms with Gasteiger partial charge in [-0.15, -0.1) is 0 Å². The van der Waals surface area contributed by atoms with E-state index in [4.69, 9.17) is 0 Å². The number of hydrogen-bond acceptors (Lipinski definition) is 7. The van der Waals surface area contributed by atoms with E-state index < -0.39 is 33.3 Å². The molecule has 2 saturated heterocycles. The number of aryl methyl sites for hydroxylation is 1. The Morgan fingerprint density at radius 2 is 1.83 bits per heavy atom. The topological polar surface area (TPSA) is 79.6 Å². The first-order valence-electron chi connectivity index (χ1n) is 10.9. The number of hydrogen-bond donors (Lipinski definition) is 0. The maximum absolute atomic E-state index is 14.2. The van der Waals surface area contributed by atoms with E-state index in [2.05, 4.69) is 9.88 Å². The molecule has 2 aliphatic rings. The smallest absolute Gasteiger partial charge is 0.347 e. The van der Waals surface area contributed by atoms with Crippen LogP contribution in [0, 0.1) is 34.7 Å². The molecule has 2 atom stereocenters. The number of nitro groups is 1. The Labute approximate surface area is 200 Å². The Hall–Kier alpha value is -3.12. The van der Waals surface area contributed by atoms with E-state index in [1.807, 2.05) is 17.9 Å². The fourth-order valence-corrected chi connectivity index (χ4v) is 6.10. The third-order valence-electron chi connectivity index (χ3n) is 6.64. The van der Waals surface area contributed by atoms with Gasteiger partial charge in [-0.2, -0.15) is 18.2 Å². The van der Waals surface area contributed by atoms with E-state index in [9.17, 15) is 32.5 Å². The predicted octanol–water partition coefficient (Wildman–Crippen LogP) is 4.60. The van der Waals surface area contributed by atoms with E-state index in [0.717, 1.165) is 30.0 Å². The Bertz CT molecular complexity index is 1380. The Morgan fingerprint density at radius 1 is 1.14 bits per heavy atom. The number of alkyl halides is 3. The molecule has 0 bridgehead atoms. The predicted molar refractivity (Wildman–Crippen MR) is 123 cm³/mol. The van der Waals surface area contributed by atoms with Crippen LogP contribution >= 0.6 is 11.3 Å². The molecule has 2 unspecified atom stereocenters. The molecular formula is C23H20F4N4O3S. The average molecular weight is 508 g/mol. The molecule has 0 saturated carbocycles. The molecule has 12 heteroatoms. The van der Waals surface area contributed by atoms with Crippen molar-refractivity contribution in [2.24, 2.45) is 11.8 Å². The van der Waals surface area contributed by atoms with Crippen molar-refractivity contribution < 1.29 is 22.5 Å². The van der Waals surface area contributed by atoms with Crippen LogP contribution in [-0.4, -0.2) is 41.0 Å². The lowest BCUT2D eigenvalue weighted by Crippen LogP contribution is -2.29. The van der Waals surface area contributed by atoms with Gasteiger partial charge >= 0.3 is 6.18 Å². The molecule has 0 spiro atoms. The molecule has 184 valence electrons. The fraction of sp³-hybridized carbons (Fsp3) is 0.391. The molecule has 35 heavy (non-hydrogen) atoms. The summed E-state index contributed by atoms with van der Waals surface area (Å²) in [5, 5.41) is 11.4. The van der Waals surface area contributed by atoms with Gasteiger partial charge in [-0.3, -0.25) is 19.8 Å². The van der Waals surface area contributed by atoms with Gasteiger partial charge in [0, 0.05) is 44.4 Å². The van der Waals surface area contributed by atoms with Gasteiger partial charge in [0.1, 0.15) is 10.5 Å². The van der Waals surface area contributed by atoms with Crippen LogP contribution in [0.2, 0.25) is 0 Å². The zero-order valence-electron chi connectivity index (χ0n) is 18.5. The molecule has 0 radical (unpaired) electrons. The molecule has 3 aromatic rings. The summed E-state index contributed by atoms with van der Waals surface area (Å²) in [5.41, 5.74) is -1.30. The second-order valence-corrected chi connectivity index (χ2v) is 10.1. The van der Waals surface area contributed by atoms with Crippen LogP contribution in [0.25, 0.3) is 10.1 Å². The van der Waals surface area contributed by atoms with Crippen molar-refractivity contribution in [1.82, 2.24) is 9.88 Å². The summed E-state index contributed by atoms with van der Waals surface area (Å²) < 4.78 is 53.6. The van der Waals surface area contributed by atoms with Crippen molar-refractivity contribution in [3.63, 3.8) is 0 Å². The molecule has 2 fully saturated rings. The molecule has 0 N–H and O–H groups in total. The maximum atomic E-state index is 14.2. The summed E-state index contributed by atoms with van der Waals surface area (Å²) in [7, 11) is 0. The molecular weight excluding hydrogens is 488 g/mol. The third-order valence-corrected chi connectivity index (χ3v) is 7.81. The van der Waals surface area contributed by atoms with E-state index in [-0.39, 0.29) is 27.5 Å². The first kappa shape index (κ1) is 23.6. The molecule has 1 aromatic heterocycles. The third kappa shape index (κ3) is 4.47. The highest BCUT2D eigenvalue weighted by atomic mass is 32.1. The number of nitrogens with zero attached hydrogens (tertiary/aromatic N) is 4. The van der Waals surface area contributed by atoms with Crippen LogP contribution in [0.15, 0.2) is 35.1 Å². The van der Waals surface area contributed by atoms with Gasteiger partial charge in [0.2, 0.25) is 0 Å². The van der Waals surface area contributed by atoms with E-state index in [1.165, 1.54) is 6.07 Å². The van der Waals surface area contributed by atoms with Crippen molar-refractivity contribution in [3.8, 4) is 0 Å². The van der Waals surface area contributed by atoms with Crippen LogP contribution in [0.3, 0.4) is 0 Å². The molecule has 5 rings (SSSR count). The summed E-state index contributed by atoms with van der Waals surface area (Å²) in [4.78, 5) is 31.2. The molecule has 2 aliphatic heterocycles. The molecule has 2 aromatic carbocycles. The van der Waals surface area contributed by atoms with Crippen LogP contribution in [0.4, 0.5) is 28.4 Å². The van der Waals surface area contributed by atoms with Gasteiger partial charge < -0.3 is 4.90 Å². The van der Waals surface area contributed by atoms with Crippen molar-refractivity contribution >= 4 is 32.2 Å². The first-order valence-corrected chi connectivity index (χ1v) is 11.7. The van der Waals surface area contributed by atoms with Crippen LogP contribution < -0.4 is 10.5 Å². The Morgan fingerprint density at radius 3 is 2.46 bits per heavy atom. The van der Waals surface area contributed by atoms with Crippen LogP contribution in [-0.2, 0) is 12.7 Å². The standard InChI is InChI=1S/C23H20F4N4O3S/c1-12-2-3-18(24)13(4-12)7-29-8-14-10-30(11-15(14)9-29)22-28-21(32)17-5-16(23(25,26)27)6-19(31(33)34)20(17)35-22/h2-6,14-15H,7-11H2,1H3. The minimum Gasteiger partial charge on any atom is -0.347 e. The van der Waals surface area contributed by atoms with Crippen molar-refractivity contribution in [1.29, 1.82) is 0 Å². The summed E-state index contributed by atoms with van der Waals surface area (Å²) >= 11 is 0.861. The van der Waals surface area contributed by atoms with Crippen LogP contribution in [0.1, 0.15) is 16.7 Å². The lowest BCUT2D eigenvalue weighted by atomic mass is 10.0. The number of likely N-dealkylation sites (tertiary alicyclic amines) is 1. The second kappa shape index (κ2) is 8.52. The number of fused-ring (bicyclic) bond motifs is 2. The van der Waals surface area contributed by atoms with Gasteiger partial charge in [0.05, 0.1) is 15.9 Å². The number of benzene rings is 2. The minimum atomic E-state index is -4.83. The monoisotopic (exact) mass is 508 g/mol. The largest absolute Gasteiger partial charge is 0.416 e. The quantitative estimate of drug-likeness (QED) is 0.291. The summed E-state index contributed by atoms with van der Waals surface area (Å²) in [6.45, 7) is 4.98. The molecule has 7 nitrogen and oxygen atoms in total. The number of aromatic nitrogens is 1. The SMILES string of the molecule is Cc1ccc(F)c(CN2CC3CN(c4nc(=O)c5cc(C(F)(F)F)cc([N+](=O)[O-])c5s4)CC3C2)c1. The zero-order valence-corrected chi connectivity index (χ0v) is 19.3. The van der Waals surface area contributed by atoms with Gasteiger partial charge in [-0.1, -0.05) is 29.0 Å². The fourth-order valence-electron chi connectivity index (χ4n) is 5.02. The lowest BCUT2D eigenvalue weighted by Gasteiger charge is -2.22. The second-order valence-electron chi connectivity index (χ2n) is 9.14. The van der Waals surface area contributed by atoms with E-state index >= 15 is 0 Å². The number of anilines is 1. The van der Waals surface area contributed by atoms with E-state index in [1.54, 1.807) is 6.07 Å². The minimum absolute atomic E-state index is 0.119. The van der Waals surface area contributed by atoms with Gasteiger partial charge in [0.15, 0.2) is 5.13 Å². The van der Waals surface area contributed by atoms with E-state index in [0.29, 0.717) is 37.3 Å². The molecule has 3 heterocycles. The summed E-state index contributed by atoms with van der Waals surface area (Å²) in [6, 6.07) is 6.12. The number of rotatable bonds is 4. The molecule has 0 aliphatic carbocycles. The van der Waals surface area contributed by atoms with Gasteiger partial charge in [-0.05, 0) is 30.9 Å². The highest BCUT2D eigenvalue weighted by Gasteiger charge is 2.41. The average Bonchev–Trinajstić information content (AvgIpc) is 3.33. The van der Waals surface area contributed by atoms with Crippen molar-refractivity contribution in [2.75, 3.05) is 31.1 Å². The highest BCUT2D eigenvalue weighted by molar-refractivity contribution is 7.22. The number of halogens is 4. The number of non-ortho nitro benzene ring substituents is 1. The first-order chi connectivity index (χ1) is 16.5. The van der Waals surface area contributed by atoms with Crippen molar-refractivity contribution in [3.05, 3.63) is 73.3 Å². The normalized spacial score (nSPS) is 20.5. The highest BCUT2D eigenvalue weighted by Crippen LogP contribution is 2.40. The summed E-state index contributed by atoms with van der Waals surface area (Å²) in [6.07, 6.45) is -4.83. The number of nitro benzene ring substituents is 1. The zero-order chi connectivity index (χ0) is 25.1. The van der Waals surface area contributed by atoms with Crippen LogP contribution in [0.5, 0.6) is 0 Å². The van der Waals surface area contributed by atoms with Gasteiger partial charge in [-0.25, -0.2) is 4.39 Å². The Kier molecular flexibility index (Phi) is 5.75. The van der Waals surface area contributed by atoms with Crippen molar-refractivity contribution in [2.45, 2.75) is 19.6 Å². The Balaban J connectivity index is 1.38. The summed E-state index contributed by atoms with van der Waals surface area (Å²) in [5.74, 6) is 0.241. The molecule has 0 amide bonds. The lowest BCUT2D eigenvalue weighted by molar-refractivity contribution is -0.383. The maximum Gasteiger partial charge on any atom is 0.416 e.